The topological polar surface area (TPSA) is 47.0 Å². The van der Waals surface area contributed by atoms with Crippen molar-refractivity contribution in [2.75, 3.05) is 11.9 Å². The molecule has 0 unspecified atom stereocenters. The highest BCUT2D eigenvalue weighted by Gasteiger charge is 2.09. The third kappa shape index (κ3) is 3.67. The first kappa shape index (κ1) is 13.8. The second-order valence-corrected chi connectivity index (χ2v) is 5.29. The molecule has 0 atom stereocenters. The summed E-state index contributed by atoms with van der Waals surface area (Å²) in [5, 5.41) is 8.44. The van der Waals surface area contributed by atoms with E-state index < -0.39 is 0 Å². The monoisotopic (exact) mass is 277 g/mol. The van der Waals surface area contributed by atoms with Crippen LogP contribution in [0.3, 0.4) is 0 Å². The minimum atomic E-state index is 0.451. The average molecular weight is 277 g/mol. The number of hydrogen-bond donors (Lipinski definition) is 1. The molecule has 2 aromatic rings. The summed E-state index contributed by atoms with van der Waals surface area (Å²) in [5.74, 6) is 0.912. The summed E-state index contributed by atoms with van der Waals surface area (Å²) in [4.78, 5) is 0. The molecule has 0 bridgehead atoms. The van der Waals surface area contributed by atoms with Crippen LogP contribution >= 0.6 is 11.5 Å². The fourth-order valence-electron chi connectivity index (χ4n) is 1.68. The molecule has 5 heteroatoms. The minimum Gasteiger partial charge on any atom is -0.487 e. The zero-order valence-corrected chi connectivity index (χ0v) is 12.4. The van der Waals surface area contributed by atoms with Crippen LogP contribution in [0.4, 0.5) is 5.00 Å². The predicted octanol–water partition coefficient (Wildman–Crippen LogP) is 3.56. The van der Waals surface area contributed by atoms with Crippen molar-refractivity contribution in [2.24, 2.45) is 0 Å². The number of hydrogen-bond acceptors (Lipinski definition) is 5. The molecule has 0 aliphatic carbocycles. The molecule has 4 nitrogen and oxygen atoms in total. The molecule has 1 heterocycles. The van der Waals surface area contributed by atoms with Crippen LogP contribution in [-0.4, -0.2) is 16.1 Å². The van der Waals surface area contributed by atoms with Gasteiger partial charge in [0.05, 0.1) is 0 Å². The van der Waals surface area contributed by atoms with Crippen molar-refractivity contribution in [1.29, 1.82) is 0 Å². The van der Waals surface area contributed by atoms with Gasteiger partial charge in [-0.2, -0.15) is 0 Å². The normalized spacial score (nSPS) is 10.5. The second kappa shape index (κ2) is 6.52. The molecule has 0 amide bonds. The van der Waals surface area contributed by atoms with Gasteiger partial charge in [-0.25, -0.2) is 0 Å². The lowest BCUT2D eigenvalue weighted by Crippen LogP contribution is -2.04. The van der Waals surface area contributed by atoms with Crippen LogP contribution in [0, 0.1) is 13.8 Å². The summed E-state index contributed by atoms with van der Waals surface area (Å²) in [6, 6.07) is 6.20. The van der Waals surface area contributed by atoms with E-state index in [2.05, 4.69) is 40.9 Å². The molecule has 0 aliphatic heterocycles. The van der Waals surface area contributed by atoms with E-state index in [1.165, 1.54) is 17.1 Å². The van der Waals surface area contributed by atoms with Gasteiger partial charge in [-0.15, -0.1) is 5.10 Å². The maximum atomic E-state index is 5.85. The number of ether oxygens (including phenoxy) is 1. The highest BCUT2D eigenvalue weighted by Crippen LogP contribution is 2.23. The molecule has 0 saturated heterocycles. The van der Waals surface area contributed by atoms with E-state index in [0.29, 0.717) is 6.61 Å². The number of aryl methyl sites for hydroxylation is 2. The molecule has 0 radical (unpaired) electrons. The van der Waals surface area contributed by atoms with Gasteiger partial charge in [0.2, 0.25) is 0 Å². The van der Waals surface area contributed by atoms with Crippen molar-refractivity contribution in [1.82, 2.24) is 9.59 Å². The fourth-order valence-corrected chi connectivity index (χ4v) is 2.28. The van der Waals surface area contributed by atoms with Crippen molar-refractivity contribution >= 4 is 16.5 Å². The molecule has 2 rings (SSSR count). The van der Waals surface area contributed by atoms with Crippen molar-refractivity contribution in [3.63, 3.8) is 0 Å². The molecule has 1 N–H and O–H groups in total. The maximum absolute atomic E-state index is 5.85. The molecule has 1 aromatic heterocycles. The Kier molecular flexibility index (Phi) is 4.74. The Balaban J connectivity index is 2.02. The van der Waals surface area contributed by atoms with E-state index in [9.17, 15) is 0 Å². The molecule has 0 saturated carbocycles. The van der Waals surface area contributed by atoms with Crippen LogP contribution in [0.1, 0.15) is 30.2 Å². The Morgan fingerprint density at radius 1 is 1.32 bits per heavy atom. The molecule has 1 aromatic carbocycles. The first-order chi connectivity index (χ1) is 9.20. The second-order valence-electron chi connectivity index (χ2n) is 4.53. The summed E-state index contributed by atoms with van der Waals surface area (Å²) >= 11 is 1.38. The molecule has 0 aliphatic rings. The number of aromatic nitrogens is 2. The number of nitrogens with zero attached hydrogens (tertiary/aromatic N) is 2. The summed E-state index contributed by atoms with van der Waals surface area (Å²) in [6.07, 6.45) is 1.08. The highest BCUT2D eigenvalue weighted by molar-refractivity contribution is 7.10. The van der Waals surface area contributed by atoms with E-state index in [1.54, 1.807) is 0 Å². The van der Waals surface area contributed by atoms with E-state index in [0.717, 1.165) is 35.0 Å². The van der Waals surface area contributed by atoms with Gasteiger partial charge in [-0.05, 0) is 37.5 Å². The minimum absolute atomic E-state index is 0.451. The van der Waals surface area contributed by atoms with Crippen molar-refractivity contribution in [3.8, 4) is 5.75 Å². The van der Waals surface area contributed by atoms with Crippen LogP contribution in [0.25, 0.3) is 0 Å². The van der Waals surface area contributed by atoms with Crippen molar-refractivity contribution in [2.45, 2.75) is 33.8 Å². The lowest BCUT2D eigenvalue weighted by atomic mass is 10.1. The van der Waals surface area contributed by atoms with Gasteiger partial charge in [0, 0.05) is 18.1 Å². The Morgan fingerprint density at radius 2 is 2.16 bits per heavy atom. The predicted molar refractivity (Wildman–Crippen MR) is 78.9 cm³/mol. The summed E-state index contributed by atoms with van der Waals surface area (Å²) in [7, 11) is 0. The smallest absolute Gasteiger partial charge is 0.136 e. The van der Waals surface area contributed by atoms with E-state index >= 15 is 0 Å². The van der Waals surface area contributed by atoms with E-state index in [-0.39, 0.29) is 0 Å². The van der Waals surface area contributed by atoms with Crippen molar-refractivity contribution in [3.05, 3.63) is 35.0 Å². The van der Waals surface area contributed by atoms with Crippen LogP contribution in [0.15, 0.2) is 18.2 Å². The summed E-state index contributed by atoms with van der Waals surface area (Å²) < 4.78 is 9.82. The SMILES string of the molecule is CCCNc1snnc1COc1cc(C)ccc1C. The van der Waals surface area contributed by atoms with Gasteiger partial charge in [-0.3, -0.25) is 0 Å². The Hall–Kier alpha value is -1.62. The Bertz CT molecular complexity index is 539. The quantitative estimate of drug-likeness (QED) is 0.877. The van der Waals surface area contributed by atoms with E-state index in [1.807, 2.05) is 13.0 Å². The molecule has 102 valence electrons. The fraction of sp³-hybridized carbons (Fsp3) is 0.429. The third-order valence-electron chi connectivity index (χ3n) is 2.80. The molecular weight excluding hydrogens is 258 g/mol. The van der Waals surface area contributed by atoms with Gasteiger partial charge in [0.1, 0.15) is 23.1 Å². The van der Waals surface area contributed by atoms with Gasteiger partial charge in [-0.1, -0.05) is 23.5 Å². The van der Waals surface area contributed by atoms with Crippen LogP contribution in [0.2, 0.25) is 0 Å². The van der Waals surface area contributed by atoms with Crippen LogP contribution in [0.5, 0.6) is 5.75 Å². The molecule has 0 spiro atoms. The van der Waals surface area contributed by atoms with Gasteiger partial charge < -0.3 is 10.1 Å². The lowest BCUT2D eigenvalue weighted by molar-refractivity contribution is 0.299. The maximum Gasteiger partial charge on any atom is 0.136 e. The van der Waals surface area contributed by atoms with Crippen molar-refractivity contribution < 1.29 is 4.74 Å². The van der Waals surface area contributed by atoms with Crippen LogP contribution in [-0.2, 0) is 6.61 Å². The van der Waals surface area contributed by atoms with Gasteiger partial charge >= 0.3 is 0 Å². The lowest BCUT2D eigenvalue weighted by Gasteiger charge is -2.09. The third-order valence-corrected chi connectivity index (χ3v) is 3.53. The number of rotatable bonds is 6. The van der Waals surface area contributed by atoms with E-state index in [4.69, 9.17) is 4.74 Å². The Labute approximate surface area is 118 Å². The zero-order chi connectivity index (χ0) is 13.7. The molecule has 19 heavy (non-hydrogen) atoms. The average Bonchev–Trinajstić information content (AvgIpc) is 2.85. The summed E-state index contributed by atoms with van der Waals surface area (Å²) in [5.41, 5.74) is 3.21. The zero-order valence-electron chi connectivity index (χ0n) is 11.6. The first-order valence-electron chi connectivity index (χ1n) is 6.46. The largest absolute Gasteiger partial charge is 0.487 e. The molecular formula is C14H19N3OS. The van der Waals surface area contributed by atoms with Gasteiger partial charge in [0.25, 0.3) is 0 Å². The standard InChI is InChI=1S/C14H19N3OS/c1-4-7-15-14-12(16-17-19-14)9-18-13-8-10(2)5-6-11(13)3/h5-6,8,15H,4,7,9H2,1-3H3. The van der Waals surface area contributed by atoms with Crippen LogP contribution < -0.4 is 10.1 Å². The highest BCUT2D eigenvalue weighted by atomic mass is 32.1. The first-order valence-corrected chi connectivity index (χ1v) is 7.23. The summed E-state index contributed by atoms with van der Waals surface area (Å²) in [6.45, 7) is 7.62. The number of benzene rings is 1. The van der Waals surface area contributed by atoms with Gasteiger partial charge in [0.15, 0.2) is 0 Å². The Morgan fingerprint density at radius 3 is 2.95 bits per heavy atom. The number of nitrogens with one attached hydrogen (secondary N) is 1. The molecule has 0 fully saturated rings. The number of anilines is 1.